The minimum atomic E-state index is -0.0700. The maximum Gasteiger partial charge on any atom is 0.224 e. The standard InChI is InChI=1S/C13H26N2OS/c1-5-7-17-8-6-15-12(16)11(10-14)9-13(2,3)4/h5,11H,1,6-10,14H2,2-4H3,(H,15,16). The van der Waals surface area contributed by atoms with Crippen LogP contribution in [0.3, 0.4) is 0 Å². The molecule has 0 heterocycles. The summed E-state index contributed by atoms with van der Waals surface area (Å²) in [4.78, 5) is 11.9. The molecule has 0 saturated carbocycles. The van der Waals surface area contributed by atoms with Crippen molar-refractivity contribution in [2.45, 2.75) is 27.2 Å². The van der Waals surface area contributed by atoms with Gasteiger partial charge in [-0.05, 0) is 11.8 Å². The summed E-state index contributed by atoms with van der Waals surface area (Å²) in [6.45, 7) is 11.2. The first kappa shape index (κ1) is 16.5. The van der Waals surface area contributed by atoms with Crippen molar-refractivity contribution in [1.29, 1.82) is 0 Å². The van der Waals surface area contributed by atoms with E-state index < -0.39 is 0 Å². The van der Waals surface area contributed by atoms with E-state index in [1.165, 1.54) is 0 Å². The van der Waals surface area contributed by atoms with Crippen LogP contribution < -0.4 is 11.1 Å². The lowest BCUT2D eigenvalue weighted by atomic mass is 9.84. The number of carbonyl (C=O) groups excluding carboxylic acids is 1. The zero-order valence-corrected chi connectivity index (χ0v) is 12.1. The van der Waals surface area contributed by atoms with Crippen molar-refractivity contribution in [3.8, 4) is 0 Å². The Balaban J connectivity index is 3.88. The van der Waals surface area contributed by atoms with Crippen molar-refractivity contribution >= 4 is 17.7 Å². The lowest BCUT2D eigenvalue weighted by molar-refractivity contribution is -0.125. The lowest BCUT2D eigenvalue weighted by Gasteiger charge is -2.24. The molecule has 17 heavy (non-hydrogen) atoms. The molecule has 0 bridgehead atoms. The third kappa shape index (κ3) is 9.24. The van der Waals surface area contributed by atoms with E-state index in [0.717, 1.165) is 17.9 Å². The number of nitrogens with two attached hydrogens (primary N) is 1. The SMILES string of the molecule is C=CCSCCNC(=O)C(CN)CC(C)(C)C. The van der Waals surface area contributed by atoms with Gasteiger partial charge < -0.3 is 11.1 Å². The Morgan fingerprint density at radius 2 is 2.18 bits per heavy atom. The molecule has 0 rings (SSSR count). The zero-order valence-electron chi connectivity index (χ0n) is 11.3. The maximum atomic E-state index is 11.9. The summed E-state index contributed by atoms with van der Waals surface area (Å²) in [5.41, 5.74) is 5.79. The van der Waals surface area contributed by atoms with E-state index in [9.17, 15) is 4.79 Å². The van der Waals surface area contributed by atoms with Crippen molar-refractivity contribution in [2.24, 2.45) is 17.1 Å². The van der Waals surface area contributed by atoms with Gasteiger partial charge >= 0.3 is 0 Å². The molecule has 1 amide bonds. The Labute approximate surface area is 110 Å². The second-order valence-electron chi connectivity index (χ2n) is 5.35. The molecule has 0 aromatic heterocycles. The van der Waals surface area contributed by atoms with E-state index >= 15 is 0 Å². The second kappa shape index (κ2) is 8.59. The van der Waals surface area contributed by atoms with E-state index in [1.54, 1.807) is 11.8 Å². The Bertz CT molecular complexity index is 236. The van der Waals surface area contributed by atoms with Gasteiger partial charge in [0.15, 0.2) is 0 Å². The molecule has 0 aliphatic heterocycles. The third-order valence-electron chi connectivity index (χ3n) is 2.30. The fourth-order valence-corrected chi connectivity index (χ4v) is 2.16. The summed E-state index contributed by atoms with van der Waals surface area (Å²) in [7, 11) is 0. The highest BCUT2D eigenvalue weighted by Crippen LogP contribution is 2.23. The number of hydrogen-bond donors (Lipinski definition) is 2. The van der Waals surface area contributed by atoms with Gasteiger partial charge in [-0.1, -0.05) is 26.8 Å². The second-order valence-corrected chi connectivity index (χ2v) is 6.50. The summed E-state index contributed by atoms with van der Waals surface area (Å²) in [6.07, 6.45) is 2.70. The van der Waals surface area contributed by atoms with E-state index in [0.29, 0.717) is 13.1 Å². The van der Waals surface area contributed by atoms with Gasteiger partial charge in [0.2, 0.25) is 5.91 Å². The van der Waals surface area contributed by atoms with Crippen LogP contribution in [0.5, 0.6) is 0 Å². The molecule has 0 aromatic carbocycles. The largest absolute Gasteiger partial charge is 0.355 e. The van der Waals surface area contributed by atoms with Crippen LogP contribution >= 0.6 is 11.8 Å². The summed E-state index contributed by atoms with van der Waals surface area (Å²) in [5.74, 6) is 1.86. The minimum Gasteiger partial charge on any atom is -0.355 e. The molecule has 1 atom stereocenters. The minimum absolute atomic E-state index is 0.0700. The smallest absolute Gasteiger partial charge is 0.224 e. The van der Waals surface area contributed by atoms with Crippen molar-refractivity contribution in [1.82, 2.24) is 5.32 Å². The molecule has 0 radical (unpaired) electrons. The fourth-order valence-electron chi connectivity index (χ4n) is 1.58. The number of thioether (sulfide) groups is 1. The van der Waals surface area contributed by atoms with Crippen LogP contribution in [0.2, 0.25) is 0 Å². The summed E-state index contributed by atoms with van der Waals surface area (Å²) in [5, 5.41) is 2.94. The van der Waals surface area contributed by atoms with Gasteiger partial charge in [-0.25, -0.2) is 0 Å². The average molecular weight is 258 g/mol. The van der Waals surface area contributed by atoms with Crippen molar-refractivity contribution in [3.63, 3.8) is 0 Å². The lowest BCUT2D eigenvalue weighted by Crippen LogP contribution is -2.38. The molecule has 0 fully saturated rings. The quantitative estimate of drug-likeness (QED) is 0.517. The zero-order chi connectivity index (χ0) is 13.3. The van der Waals surface area contributed by atoms with Crippen molar-refractivity contribution < 1.29 is 4.79 Å². The number of amides is 1. The van der Waals surface area contributed by atoms with Gasteiger partial charge in [0.25, 0.3) is 0 Å². The van der Waals surface area contributed by atoms with Gasteiger partial charge in [-0.15, -0.1) is 6.58 Å². The highest BCUT2D eigenvalue weighted by molar-refractivity contribution is 7.99. The maximum absolute atomic E-state index is 11.9. The first-order valence-corrected chi connectivity index (χ1v) is 7.22. The van der Waals surface area contributed by atoms with Crippen LogP contribution in [0.4, 0.5) is 0 Å². The first-order valence-electron chi connectivity index (χ1n) is 6.07. The molecule has 0 spiro atoms. The van der Waals surface area contributed by atoms with Crippen LogP contribution in [-0.2, 0) is 4.79 Å². The Kier molecular flexibility index (Phi) is 8.35. The molecule has 3 N–H and O–H groups in total. The van der Waals surface area contributed by atoms with Crippen LogP contribution in [0.25, 0.3) is 0 Å². The first-order chi connectivity index (χ1) is 7.90. The van der Waals surface area contributed by atoms with E-state index in [-0.39, 0.29) is 17.2 Å². The molecular weight excluding hydrogens is 232 g/mol. The molecule has 3 nitrogen and oxygen atoms in total. The highest BCUT2D eigenvalue weighted by Gasteiger charge is 2.23. The molecular formula is C13H26N2OS. The Hall–Kier alpha value is -0.480. The molecule has 1 unspecified atom stereocenters. The predicted octanol–water partition coefficient (Wildman–Crippen LogP) is 2.03. The van der Waals surface area contributed by atoms with Crippen LogP contribution in [-0.4, -0.2) is 30.5 Å². The Morgan fingerprint density at radius 3 is 2.65 bits per heavy atom. The van der Waals surface area contributed by atoms with Crippen LogP contribution in [0.1, 0.15) is 27.2 Å². The van der Waals surface area contributed by atoms with Gasteiger partial charge in [0.1, 0.15) is 0 Å². The molecule has 0 aliphatic rings. The van der Waals surface area contributed by atoms with Crippen LogP contribution in [0, 0.1) is 11.3 Å². The topological polar surface area (TPSA) is 55.1 Å². The van der Waals surface area contributed by atoms with E-state index in [4.69, 9.17) is 5.73 Å². The Morgan fingerprint density at radius 1 is 1.53 bits per heavy atom. The number of carbonyl (C=O) groups is 1. The summed E-state index contributed by atoms with van der Waals surface area (Å²) >= 11 is 1.76. The normalized spacial score (nSPS) is 13.2. The molecule has 0 saturated heterocycles. The average Bonchev–Trinajstić information content (AvgIpc) is 2.24. The monoisotopic (exact) mass is 258 g/mol. The van der Waals surface area contributed by atoms with Gasteiger partial charge in [0.05, 0.1) is 5.92 Å². The summed E-state index contributed by atoms with van der Waals surface area (Å²) in [6, 6.07) is 0. The fraction of sp³-hybridized carbons (Fsp3) is 0.769. The van der Waals surface area contributed by atoms with Gasteiger partial charge in [-0.3, -0.25) is 4.79 Å². The molecule has 100 valence electrons. The van der Waals surface area contributed by atoms with Crippen LogP contribution in [0.15, 0.2) is 12.7 Å². The van der Waals surface area contributed by atoms with E-state index in [1.807, 2.05) is 6.08 Å². The number of hydrogen-bond acceptors (Lipinski definition) is 3. The van der Waals surface area contributed by atoms with Gasteiger partial charge in [-0.2, -0.15) is 11.8 Å². The van der Waals surface area contributed by atoms with Gasteiger partial charge in [0, 0.05) is 24.6 Å². The van der Waals surface area contributed by atoms with Crippen molar-refractivity contribution in [3.05, 3.63) is 12.7 Å². The van der Waals surface area contributed by atoms with E-state index in [2.05, 4.69) is 32.7 Å². The van der Waals surface area contributed by atoms with Crippen molar-refractivity contribution in [2.75, 3.05) is 24.6 Å². The molecule has 0 aromatic rings. The molecule has 4 heteroatoms. The molecule has 0 aliphatic carbocycles. The highest BCUT2D eigenvalue weighted by atomic mass is 32.2. The number of rotatable bonds is 8. The number of nitrogens with one attached hydrogen (secondary N) is 1. The third-order valence-corrected chi connectivity index (χ3v) is 3.26. The summed E-state index contributed by atoms with van der Waals surface area (Å²) < 4.78 is 0. The predicted molar refractivity (Wildman–Crippen MR) is 77.1 cm³/mol.